The summed E-state index contributed by atoms with van der Waals surface area (Å²) in [6, 6.07) is 0.567. The van der Waals surface area contributed by atoms with Crippen molar-refractivity contribution in [1.82, 2.24) is 10.2 Å². The Morgan fingerprint density at radius 3 is 2.36 bits per heavy atom. The van der Waals surface area contributed by atoms with E-state index < -0.39 is 5.97 Å². The van der Waals surface area contributed by atoms with Crippen LogP contribution in [0.25, 0.3) is 0 Å². The van der Waals surface area contributed by atoms with Crippen LogP contribution in [0.3, 0.4) is 0 Å². The lowest BCUT2D eigenvalue weighted by Crippen LogP contribution is -2.55. The molecule has 1 amide bonds. The highest BCUT2D eigenvalue weighted by Crippen LogP contribution is 2.33. The molecule has 0 aromatic rings. The molecule has 0 aliphatic heterocycles. The fourth-order valence-electron chi connectivity index (χ4n) is 3.28. The number of carbonyl (C=O) groups excluding carboxylic acids is 1. The van der Waals surface area contributed by atoms with Crippen LogP contribution in [0.15, 0.2) is 0 Å². The van der Waals surface area contributed by atoms with Gasteiger partial charge in [-0.2, -0.15) is 0 Å². The molecule has 0 aromatic heterocycles. The Hall–Kier alpha value is -1.10. The van der Waals surface area contributed by atoms with Crippen LogP contribution in [0.5, 0.6) is 0 Å². The van der Waals surface area contributed by atoms with E-state index in [-0.39, 0.29) is 18.5 Å². The first-order chi connectivity index (χ1) is 10.5. The van der Waals surface area contributed by atoms with Crippen molar-refractivity contribution in [3.05, 3.63) is 0 Å². The average Bonchev–Trinajstić information content (AvgIpc) is 3.22. The molecule has 0 heterocycles. The summed E-state index contributed by atoms with van der Waals surface area (Å²) in [5.74, 6) is 0.586. The quantitative estimate of drug-likeness (QED) is 0.649. The second-order valence-electron chi connectivity index (χ2n) is 7.04. The average molecular weight is 310 g/mol. The normalized spacial score (nSPS) is 24.4. The van der Waals surface area contributed by atoms with Gasteiger partial charge in [0.05, 0.1) is 6.54 Å². The van der Waals surface area contributed by atoms with Gasteiger partial charge in [0.15, 0.2) is 0 Å². The van der Waals surface area contributed by atoms with Gasteiger partial charge in [0.25, 0.3) is 0 Å². The number of carbonyl (C=O) groups is 2. The third-order valence-electron chi connectivity index (χ3n) is 5.15. The Morgan fingerprint density at radius 1 is 1.23 bits per heavy atom. The maximum absolute atomic E-state index is 12.0. The van der Waals surface area contributed by atoms with E-state index in [9.17, 15) is 9.59 Å². The summed E-state index contributed by atoms with van der Waals surface area (Å²) in [6.45, 7) is 5.30. The predicted molar refractivity (Wildman–Crippen MR) is 85.6 cm³/mol. The van der Waals surface area contributed by atoms with Crippen LogP contribution < -0.4 is 5.32 Å². The molecular formula is C17H30N2O3. The number of hydrogen-bond acceptors (Lipinski definition) is 3. The molecule has 0 saturated heterocycles. The molecule has 2 saturated carbocycles. The predicted octanol–water partition coefficient (Wildman–Crippen LogP) is 2.26. The number of carboxylic acid groups (broad SMARTS) is 1. The van der Waals surface area contributed by atoms with Crippen LogP contribution in [0, 0.1) is 11.8 Å². The van der Waals surface area contributed by atoms with Gasteiger partial charge in [0.1, 0.15) is 0 Å². The van der Waals surface area contributed by atoms with Crippen molar-refractivity contribution in [3.63, 3.8) is 0 Å². The number of aliphatic carboxylic acids is 1. The first-order valence-corrected chi connectivity index (χ1v) is 8.76. The van der Waals surface area contributed by atoms with E-state index in [1.54, 1.807) is 0 Å². The van der Waals surface area contributed by atoms with Crippen molar-refractivity contribution in [1.29, 1.82) is 0 Å². The Bertz CT molecular complexity index is 385. The summed E-state index contributed by atoms with van der Waals surface area (Å²) < 4.78 is 0. The van der Waals surface area contributed by atoms with Crippen molar-refractivity contribution < 1.29 is 14.7 Å². The van der Waals surface area contributed by atoms with Crippen LogP contribution in [-0.4, -0.2) is 47.1 Å². The molecule has 0 aromatic carbocycles. The number of rotatable bonds is 10. The van der Waals surface area contributed by atoms with Crippen LogP contribution in [-0.2, 0) is 9.59 Å². The van der Waals surface area contributed by atoms with Gasteiger partial charge in [-0.1, -0.05) is 26.7 Å². The Labute approximate surface area is 133 Å². The van der Waals surface area contributed by atoms with Gasteiger partial charge in [0, 0.05) is 25.0 Å². The molecule has 2 fully saturated rings. The molecule has 2 aliphatic rings. The van der Waals surface area contributed by atoms with E-state index in [4.69, 9.17) is 5.11 Å². The minimum absolute atomic E-state index is 0.135. The number of nitrogens with zero attached hydrogens (tertiary/aromatic N) is 1. The molecule has 126 valence electrons. The van der Waals surface area contributed by atoms with Crippen LogP contribution in [0.4, 0.5) is 0 Å². The Kier molecular flexibility index (Phi) is 6.24. The lowest BCUT2D eigenvalue weighted by Gasteiger charge is -2.42. The maximum Gasteiger partial charge on any atom is 0.317 e. The smallest absolute Gasteiger partial charge is 0.317 e. The van der Waals surface area contributed by atoms with Gasteiger partial charge in [-0.15, -0.1) is 0 Å². The number of hydrogen-bond donors (Lipinski definition) is 2. The number of nitrogens with one attached hydrogen (secondary N) is 1. The summed E-state index contributed by atoms with van der Waals surface area (Å²) in [6.07, 6.45) is 6.98. The molecular weight excluding hydrogens is 280 g/mol. The first-order valence-electron chi connectivity index (χ1n) is 8.76. The van der Waals surface area contributed by atoms with Gasteiger partial charge in [-0.3, -0.25) is 14.5 Å². The van der Waals surface area contributed by atoms with Gasteiger partial charge in [-0.05, 0) is 37.5 Å². The minimum Gasteiger partial charge on any atom is -0.480 e. The minimum atomic E-state index is -0.748. The molecule has 0 bridgehead atoms. The highest BCUT2D eigenvalue weighted by molar-refractivity contribution is 5.76. The third-order valence-corrected chi connectivity index (χ3v) is 5.15. The number of amides is 1. The molecule has 22 heavy (non-hydrogen) atoms. The van der Waals surface area contributed by atoms with Crippen molar-refractivity contribution >= 4 is 11.9 Å². The fraction of sp³-hybridized carbons (Fsp3) is 0.882. The number of carboxylic acids is 1. The van der Waals surface area contributed by atoms with E-state index in [0.29, 0.717) is 24.3 Å². The summed E-state index contributed by atoms with van der Waals surface area (Å²) in [4.78, 5) is 25.1. The van der Waals surface area contributed by atoms with Gasteiger partial charge in [-0.25, -0.2) is 0 Å². The maximum atomic E-state index is 12.0. The second kappa shape index (κ2) is 7.95. The highest BCUT2D eigenvalue weighted by Gasteiger charge is 2.37. The van der Waals surface area contributed by atoms with Crippen molar-refractivity contribution in [2.75, 3.05) is 13.1 Å². The summed E-state index contributed by atoms with van der Waals surface area (Å²) in [7, 11) is 0. The van der Waals surface area contributed by atoms with Gasteiger partial charge in [0.2, 0.25) is 5.91 Å². The first kappa shape index (κ1) is 17.3. The van der Waals surface area contributed by atoms with E-state index in [2.05, 4.69) is 24.1 Å². The fourth-order valence-corrected chi connectivity index (χ4v) is 3.28. The van der Waals surface area contributed by atoms with Gasteiger partial charge >= 0.3 is 5.97 Å². The van der Waals surface area contributed by atoms with Crippen LogP contribution >= 0.6 is 0 Å². The summed E-state index contributed by atoms with van der Waals surface area (Å²) in [5.41, 5.74) is 0. The lowest BCUT2D eigenvalue weighted by atomic mass is 9.84. The molecule has 2 rings (SSSR count). The van der Waals surface area contributed by atoms with Crippen LogP contribution in [0.2, 0.25) is 0 Å². The molecule has 2 N–H and O–H groups in total. The molecule has 0 atom stereocenters. The SMILES string of the molecule is CCC(CC)CC(=O)NC1CC(N(CC(=O)O)CC2CC2)C1. The zero-order valence-corrected chi connectivity index (χ0v) is 13.9. The monoisotopic (exact) mass is 310 g/mol. The zero-order chi connectivity index (χ0) is 16.1. The van der Waals surface area contributed by atoms with Gasteiger partial charge < -0.3 is 10.4 Å². The standard InChI is InChI=1S/C17H30N2O3/c1-3-12(4-2)7-16(20)18-14-8-15(9-14)19(11-17(21)22)10-13-5-6-13/h12-15H,3-11H2,1-2H3,(H,18,20)(H,21,22). The largest absolute Gasteiger partial charge is 0.480 e. The molecule has 0 spiro atoms. The Balaban J connectivity index is 1.70. The molecule has 5 heteroatoms. The summed E-state index contributed by atoms with van der Waals surface area (Å²) in [5, 5.41) is 12.1. The van der Waals surface area contributed by atoms with E-state index in [1.807, 2.05) is 0 Å². The molecule has 2 aliphatic carbocycles. The third kappa shape index (κ3) is 5.27. The van der Waals surface area contributed by atoms with E-state index in [0.717, 1.165) is 32.2 Å². The summed E-state index contributed by atoms with van der Waals surface area (Å²) >= 11 is 0. The zero-order valence-electron chi connectivity index (χ0n) is 13.9. The molecule has 5 nitrogen and oxygen atoms in total. The molecule has 0 unspecified atom stereocenters. The Morgan fingerprint density at radius 2 is 1.86 bits per heavy atom. The van der Waals surface area contributed by atoms with E-state index in [1.165, 1.54) is 12.8 Å². The molecule has 0 radical (unpaired) electrons. The van der Waals surface area contributed by atoms with E-state index >= 15 is 0 Å². The second-order valence-corrected chi connectivity index (χ2v) is 7.04. The van der Waals surface area contributed by atoms with Crippen molar-refractivity contribution in [2.45, 2.75) is 70.9 Å². The highest BCUT2D eigenvalue weighted by atomic mass is 16.4. The lowest BCUT2D eigenvalue weighted by molar-refractivity contribution is -0.140. The van der Waals surface area contributed by atoms with Crippen LogP contribution in [0.1, 0.15) is 58.8 Å². The van der Waals surface area contributed by atoms with Crippen molar-refractivity contribution in [2.24, 2.45) is 11.8 Å². The van der Waals surface area contributed by atoms with Crippen molar-refractivity contribution in [3.8, 4) is 0 Å². The topological polar surface area (TPSA) is 69.6 Å².